The first-order chi connectivity index (χ1) is 9.65. The third-order valence-corrected chi connectivity index (χ3v) is 4.48. The van der Waals surface area contributed by atoms with Gasteiger partial charge in [-0.15, -0.1) is 11.3 Å². The normalized spacial score (nSPS) is 14.3. The van der Waals surface area contributed by atoms with E-state index >= 15 is 0 Å². The molecule has 20 heavy (non-hydrogen) atoms. The molecule has 1 saturated carbocycles. The maximum Gasteiger partial charge on any atom is 0.319 e. The van der Waals surface area contributed by atoms with Gasteiger partial charge in [-0.2, -0.15) is 0 Å². The molecule has 106 valence electrons. The summed E-state index contributed by atoms with van der Waals surface area (Å²) < 4.78 is 5.30. The molecule has 1 aliphatic rings. The molecule has 3 rings (SSSR count). The van der Waals surface area contributed by atoms with E-state index in [1.165, 1.54) is 10.4 Å². The minimum Gasteiger partial charge on any atom is -0.359 e. The monoisotopic (exact) mass is 291 g/mol. The maximum atomic E-state index is 12.0. The highest BCUT2D eigenvalue weighted by atomic mass is 32.1. The van der Waals surface area contributed by atoms with E-state index in [0.29, 0.717) is 12.5 Å². The molecule has 5 nitrogen and oxygen atoms in total. The van der Waals surface area contributed by atoms with Crippen LogP contribution >= 0.6 is 11.3 Å². The molecule has 0 radical (unpaired) electrons. The molecule has 1 fully saturated rings. The third-order valence-electron chi connectivity index (χ3n) is 3.45. The van der Waals surface area contributed by atoms with E-state index in [0.717, 1.165) is 30.0 Å². The van der Waals surface area contributed by atoms with Crippen molar-refractivity contribution < 1.29 is 9.32 Å². The van der Waals surface area contributed by atoms with Gasteiger partial charge < -0.3 is 15.2 Å². The number of carbonyl (C=O) groups is 1. The number of aryl methyl sites for hydroxylation is 2. The van der Waals surface area contributed by atoms with E-state index in [1.54, 1.807) is 11.3 Å². The van der Waals surface area contributed by atoms with Crippen molar-refractivity contribution in [1.29, 1.82) is 0 Å². The number of aromatic nitrogens is 1. The summed E-state index contributed by atoms with van der Waals surface area (Å²) in [7, 11) is 0. The molecule has 6 heteroatoms. The number of urea groups is 1. The molecule has 0 bridgehead atoms. The molecule has 0 atom stereocenters. The molecule has 0 spiro atoms. The summed E-state index contributed by atoms with van der Waals surface area (Å²) in [6.07, 6.45) is 2.22. The van der Waals surface area contributed by atoms with Crippen molar-refractivity contribution in [2.45, 2.75) is 39.2 Å². The minimum absolute atomic E-state index is 0.217. The van der Waals surface area contributed by atoms with E-state index < -0.39 is 0 Å². The Hall–Kier alpha value is -1.82. The Balaban J connectivity index is 1.61. The van der Waals surface area contributed by atoms with E-state index in [-0.39, 0.29) is 6.03 Å². The molecule has 1 aliphatic carbocycles. The predicted molar refractivity (Wildman–Crippen MR) is 78.1 cm³/mol. The number of anilines is 1. The summed E-state index contributed by atoms with van der Waals surface area (Å²) in [5, 5.41) is 11.7. The van der Waals surface area contributed by atoms with Crippen molar-refractivity contribution in [1.82, 2.24) is 10.5 Å². The van der Waals surface area contributed by atoms with Crippen LogP contribution in [0.1, 0.15) is 40.7 Å². The molecule has 2 aromatic rings. The van der Waals surface area contributed by atoms with Gasteiger partial charge in [-0.3, -0.25) is 0 Å². The van der Waals surface area contributed by atoms with Crippen molar-refractivity contribution in [3.63, 3.8) is 0 Å². The lowest BCUT2D eigenvalue weighted by Crippen LogP contribution is -2.28. The van der Waals surface area contributed by atoms with Crippen LogP contribution in [0.4, 0.5) is 10.5 Å². The summed E-state index contributed by atoms with van der Waals surface area (Å²) in [6.45, 7) is 4.42. The fourth-order valence-electron chi connectivity index (χ4n) is 2.07. The minimum atomic E-state index is -0.217. The van der Waals surface area contributed by atoms with E-state index in [1.807, 2.05) is 19.2 Å². The van der Waals surface area contributed by atoms with Crippen molar-refractivity contribution in [3.8, 4) is 0 Å². The standard InChI is InChI=1S/C14H17N3O2S/c1-8-5-6-20-11(8)7-15-14(18)16-12-9(2)17-19-13(12)10-3-4-10/h5-6,10H,3-4,7H2,1-2H3,(H2,15,16,18). The quantitative estimate of drug-likeness (QED) is 0.905. The van der Waals surface area contributed by atoms with Gasteiger partial charge in [0.2, 0.25) is 0 Å². The molecule has 0 saturated heterocycles. The molecule has 2 heterocycles. The number of hydrogen-bond acceptors (Lipinski definition) is 4. The molecular weight excluding hydrogens is 274 g/mol. The van der Waals surface area contributed by atoms with Gasteiger partial charge in [0.25, 0.3) is 0 Å². The Bertz CT molecular complexity index is 628. The van der Waals surface area contributed by atoms with E-state index in [9.17, 15) is 4.79 Å². The Labute approximate surface area is 121 Å². The number of thiophene rings is 1. The zero-order chi connectivity index (χ0) is 14.1. The van der Waals surface area contributed by atoms with Gasteiger partial charge in [-0.05, 0) is 43.7 Å². The lowest BCUT2D eigenvalue weighted by Gasteiger charge is -2.07. The molecule has 0 unspecified atom stereocenters. The topological polar surface area (TPSA) is 67.2 Å². The summed E-state index contributed by atoms with van der Waals surface area (Å²) in [5.41, 5.74) is 2.66. The Morgan fingerprint density at radius 3 is 2.95 bits per heavy atom. The van der Waals surface area contributed by atoms with Gasteiger partial charge in [0.15, 0.2) is 5.76 Å². The highest BCUT2D eigenvalue weighted by Crippen LogP contribution is 2.44. The van der Waals surface area contributed by atoms with Crippen LogP contribution in [-0.2, 0) is 6.54 Å². The lowest BCUT2D eigenvalue weighted by molar-refractivity contribution is 0.251. The Kier molecular flexibility index (Phi) is 3.48. The predicted octanol–water partition coefficient (Wildman–Crippen LogP) is 3.55. The number of rotatable bonds is 4. The first kappa shape index (κ1) is 13.2. The number of carbonyl (C=O) groups excluding carboxylic acids is 1. The average Bonchev–Trinajstić information content (AvgIpc) is 3.09. The second-order valence-electron chi connectivity index (χ2n) is 5.12. The van der Waals surface area contributed by atoms with Crippen LogP contribution in [0.15, 0.2) is 16.0 Å². The van der Waals surface area contributed by atoms with Crippen LogP contribution in [0.3, 0.4) is 0 Å². The highest BCUT2D eigenvalue weighted by Gasteiger charge is 2.32. The largest absolute Gasteiger partial charge is 0.359 e. The van der Waals surface area contributed by atoms with E-state index in [2.05, 4.69) is 21.9 Å². The van der Waals surface area contributed by atoms with Gasteiger partial charge >= 0.3 is 6.03 Å². The molecule has 2 N–H and O–H groups in total. The van der Waals surface area contributed by atoms with Gasteiger partial charge in [0.05, 0.1) is 6.54 Å². The van der Waals surface area contributed by atoms with Crippen LogP contribution in [0, 0.1) is 13.8 Å². The van der Waals surface area contributed by atoms with Gasteiger partial charge in [0.1, 0.15) is 11.4 Å². The second kappa shape index (κ2) is 5.28. The molecular formula is C14H17N3O2S. The number of nitrogens with one attached hydrogen (secondary N) is 2. The van der Waals surface area contributed by atoms with Crippen LogP contribution in [0.25, 0.3) is 0 Å². The second-order valence-corrected chi connectivity index (χ2v) is 6.12. The number of amides is 2. The maximum absolute atomic E-state index is 12.0. The molecule has 0 aromatic carbocycles. The summed E-state index contributed by atoms with van der Waals surface area (Å²) in [6, 6.07) is 1.83. The van der Waals surface area contributed by atoms with Crippen LogP contribution in [0.2, 0.25) is 0 Å². The van der Waals surface area contributed by atoms with Crippen molar-refractivity contribution >= 4 is 23.1 Å². The zero-order valence-electron chi connectivity index (χ0n) is 11.5. The van der Waals surface area contributed by atoms with Crippen molar-refractivity contribution in [2.75, 3.05) is 5.32 Å². The fraction of sp³-hybridized carbons (Fsp3) is 0.429. The number of nitrogens with zero attached hydrogens (tertiary/aromatic N) is 1. The van der Waals surface area contributed by atoms with Crippen LogP contribution in [-0.4, -0.2) is 11.2 Å². The Morgan fingerprint density at radius 2 is 2.30 bits per heavy atom. The van der Waals surface area contributed by atoms with Gasteiger partial charge in [0, 0.05) is 10.8 Å². The molecule has 0 aliphatic heterocycles. The fourth-order valence-corrected chi connectivity index (χ4v) is 2.91. The Morgan fingerprint density at radius 1 is 1.50 bits per heavy atom. The summed E-state index contributed by atoms with van der Waals surface area (Å²) in [5.74, 6) is 1.23. The first-order valence-corrected chi connectivity index (χ1v) is 7.57. The number of hydrogen-bond donors (Lipinski definition) is 2. The summed E-state index contributed by atoms with van der Waals surface area (Å²) >= 11 is 1.65. The van der Waals surface area contributed by atoms with Gasteiger partial charge in [-0.1, -0.05) is 5.16 Å². The molecule has 2 aromatic heterocycles. The van der Waals surface area contributed by atoms with Crippen molar-refractivity contribution in [2.24, 2.45) is 0 Å². The zero-order valence-corrected chi connectivity index (χ0v) is 12.3. The third kappa shape index (κ3) is 2.70. The van der Waals surface area contributed by atoms with Crippen LogP contribution < -0.4 is 10.6 Å². The SMILES string of the molecule is Cc1ccsc1CNC(=O)Nc1c(C)noc1C1CC1. The smallest absolute Gasteiger partial charge is 0.319 e. The highest BCUT2D eigenvalue weighted by molar-refractivity contribution is 7.10. The lowest BCUT2D eigenvalue weighted by atomic mass is 10.2. The van der Waals surface area contributed by atoms with Crippen LogP contribution in [0.5, 0.6) is 0 Å². The summed E-state index contributed by atoms with van der Waals surface area (Å²) in [4.78, 5) is 13.1. The molecule has 2 amide bonds. The van der Waals surface area contributed by atoms with E-state index in [4.69, 9.17) is 4.52 Å². The first-order valence-electron chi connectivity index (χ1n) is 6.69. The van der Waals surface area contributed by atoms with Crippen molar-refractivity contribution in [3.05, 3.63) is 33.3 Å². The average molecular weight is 291 g/mol. The van der Waals surface area contributed by atoms with Gasteiger partial charge in [-0.25, -0.2) is 4.79 Å².